The van der Waals surface area contributed by atoms with Crippen LogP contribution in [0.15, 0.2) is 30.5 Å². The van der Waals surface area contributed by atoms with Gasteiger partial charge in [-0.1, -0.05) is 49.1 Å². The summed E-state index contributed by atoms with van der Waals surface area (Å²) in [5.74, 6) is 1.03. The fourth-order valence-corrected chi connectivity index (χ4v) is 3.29. The Kier molecular flexibility index (Phi) is 4.28. The summed E-state index contributed by atoms with van der Waals surface area (Å²) in [7, 11) is 0. The van der Waals surface area contributed by atoms with Crippen LogP contribution in [0.25, 0.3) is 0 Å². The number of nitrogens with one attached hydrogen (secondary N) is 1. The number of imidazole rings is 1. The van der Waals surface area contributed by atoms with Gasteiger partial charge in [0.15, 0.2) is 0 Å². The summed E-state index contributed by atoms with van der Waals surface area (Å²) in [5, 5.41) is 3.53. The highest BCUT2D eigenvalue weighted by atomic mass is 15.2. The highest BCUT2D eigenvalue weighted by molar-refractivity contribution is 5.33. The minimum Gasteiger partial charge on any atom is -0.352 e. The summed E-state index contributed by atoms with van der Waals surface area (Å²) in [4.78, 5) is 4.68. The number of rotatable bonds is 4. The first-order chi connectivity index (χ1) is 10.2. The molecule has 0 atom stereocenters. The molecule has 0 amide bonds. The normalized spacial score (nSPS) is 16.1. The van der Waals surface area contributed by atoms with Crippen molar-refractivity contribution in [2.75, 3.05) is 5.32 Å². The van der Waals surface area contributed by atoms with Crippen molar-refractivity contribution in [2.24, 2.45) is 0 Å². The van der Waals surface area contributed by atoms with Crippen LogP contribution in [0.5, 0.6) is 0 Å². The van der Waals surface area contributed by atoms with Crippen LogP contribution < -0.4 is 5.32 Å². The highest BCUT2D eigenvalue weighted by Crippen LogP contribution is 2.30. The molecule has 1 saturated carbocycles. The molecule has 0 bridgehead atoms. The maximum atomic E-state index is 4.68. The molecule has 1 aliphatic carbocycles. The first-order valence-corrected chi connectivity index (χ1v) is 8.07. The first-order valence-electron chi connectivity index (χ1n) is 8.07. The van der Waals surface area contributed by atoms with Gasteiger partial charge in [-0.15, -0.1) is 0 Å². The first kappa shape index (κ1) is 14.2. The molecule has 0 spiro atoms. The Balaban J connectivity index is 1.72. The third-order valence-electron chi connectivity index (χ3n) is 4.35. The van der Waals surface area contributed by atoms with Gasteiger partial charge in [-0.25, -0.2) is 4.98 Å². The van der Waals surface area contributed by atoms with Gasteiger partial charge < -0.3 is 9.88 Å². The van der Waals surface area contributed by atoms with E-state index in [0.29, 0.717) is 6.04 Å². The highest BCUT2D eigenvalue weighted by Gasteiger charge is 2.18. The van der Waals surface area contributed by atoms with Crippen LogP contribution in [0.2, 0.25) is 0 Å². The van der Waals surface area contributed by atoms with Crippen molar-refractivity contribution in [1.82, 2.24) is 9.55 Å². The number of aromatic nitrogens is 2. The lowest BCUT2D eigenvalue weighted by molar-refractivity contribution is 0.355. The number of anilines is 1. The summed E-state index contributed by atoms with van der Waals surface area (Å²) in [6.07, 6.45) is 8.85. The number of benzene rings is 1. The largest absolute Gasteiger partial charge is 0.352 e. The maximum absolute atomic E-state index is 4.68. The minimum atomic E-state index is 0.625. The van der Waals surface area contributed by atoms with Gasteiger partial charge in [0.1, 0.15) is 0 Å². The second-order valence-electron chi connectivity index (χ2n) is 6.25. The predicted molar refractivity (Wildman–Crippen MR) is 87.6 cm³/mol. The molecule has 0 radical (unpaired) electrons. The maximum Gasteiger partial charge on any atom is 0.203 e. The second-order valence-corrected chi connectivity index (χ2v) is 6.25. The SMILES string of the molecule is Cc1cccc(CNc2nc(C)cn2C2CCCCC2)c1. The van der Waals surface area contributed by atoms with Crippen molar-refractivity contribution in [1.29, 1.82) is 0 Å². The molecule has 1 N–H and O–H groups in total. The average molecular weight is 283 g/mol. The van der Waals surface area contributed by atoms with E-state index in [0.717, 1.165) is 18.2 Å². The molecule has 112 valence electrons. The van der Waals surface area contributed by atoms with E-state index in [1.54, 1.807) is 0 Å². The Morgan fingerprint density at radius 3 is 2.76 bits per heavy atom. The zero-order chi connectivity index (χ0) is 14.7. The quantitative estimate of drug-likeness (QED) is 0.887. The molecule has 1 fully saturated rings. The van der Waals surface area contributed by atoms with Crippen molar-refractivity contribution in [3.63, 3.8) is 0 Å². The molecule has 3 nitrogen and oxygen atoms in total. The van der Waals surface area contributed by atoms with Gasteiger partial charge in [0.25, 0.3) is 0 Å². The summed E-state index contributed by atoms with van der Waals surface area (Å²) in [5.41, 5.74) is 3.72. The molecule has 1 heterocycles. The van der Waals surface area contributed by atoms with Gasteiger partial charge in [-0.05, 0) is 32.3 Å². The summed E-state index contributed by atoms with van der Waals surface area (Å²) >= 11 is 0. The van der Waals surface area contributed by atoms with Gasteiger partial charge in [-0.3, -0.25) is 0 Å². The zero-order valence-electron chi connectivity index (χ0n) is 13.1. The molecular formula is C18H25N3. The lowest BCUT2D eigenvalue weighted by Gasteiger charge is -2.24. The van der Waals surface area contributed by atoms with E-state index in [1.807, 2.05) is 0 Å². The van der Waals surface area contributed by atoms with Gasteiger partial charge in [0.05, 0.1) is 5.69 Å². The topological polar surface area (TPSA) is 29.9 Å². The van der Waals surface area contributed by atoms with Crippen LogP contribution in [0.1, 0.15) is 55.0 Å². The van der Waals surface area contributed by atoms with E-state index < -0.39 is 0 Å². The van der Waals surface area contributed by atoms with Crippen molar-refractivity contribution >= 4 is 5.95 Å². The van der Waals surface area contributed by atoms with Crippen molar-refractivity contribution in [3.05, 3.63) is 47.3 Å². The van der Waals surface area contributed by atoms with Crippen LogP contribution in [0.4, 0.5) is 5.95 Å². The van der Waals surface area contributed by atoms with Crippen molar-refractivity contribution < 1.29 is 0 Å². The molecule has 1 aromatic heterocycles. The Hall–Kier alpha value is -1.77. The van der Waals surface area contributed by atoms with Crippen LogP contribution >= 0.6 is 0 Å². The number of hydrogen-bond acceptors (Lipinski definition) is 2. The molecular weight excluding hydrogens is 258 g/mol. The predicted octanol–water partition coefficient (Wildman–Crippen LogP) is 4.62. The Labute approximate surface area is 127 Å². The lowest BCUT2D eigenvalue weighted by atomic mass is 9.95. The van der Waals surface area contributed by atoms with Crippen LogP contribution in [-0.4, -0.2) is 9.55 Å². The third-order valence-corrected chi connectivity index (χ3v) is 4.35. The van der Waals surface area contributed by atoms with Crippen molar-refractivity contribution in [3.8, 4) is 0 Å². The van der Waals surface area contributed by atoms with Crippen molar-refractivity contribution in [2.45, 2.75) is 58.5 Å². The molecule has 2 aromatic rings. The summed E-state index contributed by atoms with van der Waals surface area (Å²) in [6.45, 7) is 5.05. The monoisotopic (exact) mass is 283 g/mol. The second kappa shape index (κ2) is 6.33. The van der Waals surface area contributed by atoms with E-state index in [1.165, 1.54) is 43.2 Å². The zero-order valence-corrected chi connectivity index (χ0v) is 13.1. The smallest absolute Gasteiger partial charge is 0.203 e. The Morgan fingerprint density at radius 1 is 1.19 bits per heavy atom. The van der Waals surface area contributed by atoms with Crippen LogP contribution in [0.3, 0.4) is 0 Å². The van der Waals surface area contributed by atoms with E-state index in [4.69, 9.17) is 0 Å². The molecule has 1 aromatic carbocycles. The molecule has 3 heteroatoms. The minimum absolute atomic E-state index is 0.625. The van der Waals surface area contributed by atoms with Crippen LogP contribution in [-0.2, 0) is 6.54 Å². The molecule has 0 aliphatic heterocycles. The van der Waals surface area contributed by atoms with Gasteiger partial charge >= 0.3 is 0 Å². The van der Waals surface area contributed by atoms with E-state index in [-0.39, 0.29) is 0 Å². The lowest BCUT2D eigenvalue weighted by Crippen LogP contribution is -2.15. The fourth-order valence-electron chi connectivity index (χ4n) is 3.29. The number of nitrogens with zero attached hydrogens (tertiary/aromatic N) is 2. The van der Waals surface area contributed by atoms with E-state index in [9.17, 15) is 0 Å². The number of aryl methyl sites for hydroxylation is 2. The third kappa shape index (κ3) is 3.46. The van der Waals surface area contributed by atoms with Gasteiger partial charge in [-0.2, -0.15) is 0 Å². The number of hydrogen-bond donors (Lipinski definition) is 1. The Bertz CT molecular complexity index is 594. The summed E-state index contributed by atoms with van der Waals surface area (Å²) < 4.78 is 2.37. The molecule has 3 rings (SSSR count). The van der Waals surface area contributed by atoms with Gasteiger partial charge in [0, 0.05) is 18.8 Å². The molecule has 1 aliphatic rings. The van der Waals surface area contributed by atoms with Crippen LogP contribution in [0, 0.1) is 13.8 Å². The summed E-state index contributed by atoms with van der Waals surface area (Å²) in [6, 6.07) is 9.27. The van der Waals surface area contributed by atoms with E-state index in [2.05, 4.69) is 59.2 Å². The standard InChI is InChI=1S/C18H25N3/c1-14-7-6-8-16(11-14)12-19-18-20-15(2)13-21(18)17-9-4-3-5-10-17/h6-8,11,13,17H,3-5,9-10,12H2,1-2H3,(H,19,20). The molecule has 0 saturated heterocycles. The molecule has 0 unspecified atom stereocenters. The fraction of sp³-hybridized carbons (Fsp3) is 0.500. The van der Waals surface area contributed by atoms with Gasteiger partial charge in [0.2, 0.25) is 5.95 Å². The van der Waals surface area contributed by atoms with E-state index >= 15 is 0 Å². The molecule has 21 heavy (non-hydrogen) atoms. The average Bonchev–Trinajstić information content (AvgIpc) is 2.87. The Morgan fingerprint density at radius 2 is 2.00 bits per heavy atom.